The summed E-state index contributed by atoms with van der Waals surface area (Å²) in [5.74, 6) is 1.84. The molecular weight excluding hydrogens is 354 g/mol. The first-order valence-electron chi connectivity index (χ1n) is 9.25. The van der Waals surface area contributed by atoms with Crippen molar-refractivity contribution in [1.82, 2.24) is 4.98 Å². The summed E-state index contributed by atoms with van der Waals surface area (Å²) in [5, 5.41) is 0. The molecule has 0 bridgehead atoms. The minimum Gasteiger partial charge on any atom is -0.493 e. The van der Waals surface area contributed by atoms with Crippen molar-refractivity contribution in [3.05, 3.63) is 71.6 Å². The van der Waals surface area contributed by atoms with E-state index in [4.69, 9.17) is 13.9 Å². The minimum absolute atomic E-state index is 0.281. The predicted octanol–water partition coefficient (Wildman–Crippen LogP) is 4.72. The van der Waals surface area contributed by atoms with Gasteiger partial charge in [0.1, 0.15) is 11.5 Å². The molecule has 0 fully saturated rings. The van der Waals surface area contributed by atoms with Gasteiger partial charge >= 0.3 is 5.97 Å². The highest BCUT2D eigenvalue weighted by Gasteiger charge is 2.31. The van der Waals surface area contributed by atoms with E-state index in [1.165, 1.54) is 7.11 Å². The van der Waals surface area contributed by atoms with Crippen LogP contribution in [0.2, 0.25) is 0 Å². The summed E-state index contributed by atoms with van der Waals surface area (Å²) in [6.07, 6.45) is 0.632. The third kappa shape index (κ3) is 4.25. The van der Waals surface area contributed by atoms with Crippen molar-refractivity contribution >= 4 is 5.97 Å². The highest BCUT2D eigenvalue weighted by molar-refractivity contribution is 5.82. The summed E-state index contributed by atoms with van der Waals surface area (Å²) < 4.78 is 16.6. The van der Waals surface area contributed by atoms with Crippen molar-refractivity contribution in [3.8, 4) is 17.2 Å². The number of aryl methyl sites for hydroxylation is 1. The summed E-state index contributed by atoms with van der Waals surface area (Å²) in [6, 6.07) is 17.4. The van der Waals surface area contributed by atoms with Crippen molar-refractivity contribution in [3.63, 3.8) is 0 Å². The van der Waals surface area contributed by atoms with Gasteiger partial charge in [-0.15, -0.1) is 0 Å². The lowest BCUT2D eigenvalue weighted by Gasteiger charge is -2.22. The van der Waals surface area contributed by atoms with Crippen LogP contribution in [0, 0.1) is 6.92 Å². The number of carbonyl (C=O) groups is 1. The van der Waals surface area contributed by atoms with E-state index in [1.807, 2.05) is 75.4 Å². The van der Waals surface area contributed by atoms with Crippen LogP contribution in [-0.2, 0) is 21.4 Å². The Morgan fingerprint density at radius 2 is 1.86 bits per heavy atom. The number of rotatable bonds is 7. The Morgan fingerprint density at radius 1 is 1.11 bits per heavy atom. The predicted molar refractivity (Wildman–Crippen MR) is 107 cm³/mol. The number of carbonyl (C=O) groups excluding carboxylic acids is 1. The second-order valence-electron chi connectivity index (χ2n) is 7.13. The summed E-state index contributed by atoms with van der Waals surface area (Å²) in [7, 11) is 1.40. The van der Waals surface area contributed by atoms with Crippen LogP contribution in [0.3, 0.4) is 0 Å². The molecule has 3 aromatic rings. The third-order valence-electron chi connectivity index (χ3n) is 4.77. The number of aromatic nitrogens is 1. The lowest BCUT2D eigenvalue weighted by atomic mass is 9.85. The molecule has 2 aromatic carbocycles. The normalized spacial score (nSPS) is 11.3. The molecule has 0 unspecified atom stereocenters. The summed E-state index contributed by atoms with van der Waals surface area (Å²) in [5.41, 5.74) is 1.95. The molecule has 0 N–H and O–H groups in total. The molecule has 0 spiro atoms. The van der Waals surface area contributed by atoms with Crippen LogP contribution < -0.4 is 4.74 Å². The summed E-state index contributed by atoms with van der Waals surface area (Å²) >= 11 is 0. The lowest BCUT2D eigenvalue weighted by Crippen LogP contribution is -2.30. The number of benzene rings is 2. The molecule has 0 atom stereocenters. The van der Waals surface area contributed by atoms with Crippen molar-refractivity contribution in [2.45, 2.75) is 32.6 Å². The smallest absolute Gasteiger partial charge is 0.315 e. The number of ether oxygens (including phenoxy) is 2. The van der Waals surface area contributed by atoms with E-state index in [2.05, 4.69) is 4.98 Å². The molecule has 0 radical (unpaired) electrons. The number of hydrogen-bond donors (Lipinski definition) is 0. The maximum atomic E-state index is 12.0. The van der Waals surface area contributed by atoms with Gasteiger partial charge in [0.15, 0.2) is 0 Å². The first-order chi connectivity index (χ1) is 13.4. The van der Waals surface area contributed by atoms with E-state index >= 15 is 0 Å². The van der Waals surface area contributed by atoms with Gasteiger partial charge in [0.05, 0.1) is 24.8 Å². The maximum Gasteiger partial charge on any atom is 0.315 e. The van der Waals surface area contributed by atoms with Gasteiger partial charge in [-0.3, -0.25) is 4.79 Å². The van der Waals surface area contributed by atoms with Gasteiger partial charge in [0, 0.05) is 12.0 Å². The average molecular weight is 379 g/mol. The molecule has 5 nitrogen and oxygen atoms in total. The quantitative estimate of drug-likeness (QED) is 0.556. The lowest BCUT2D eigenvalue weighted by molar-refractivity contribution is -0.146. The third-order valence-corrected chi connectivity index (χ3v) is 4.77. The van der Waals surface area contributed by atoms with E-state index in [0.29, 0.717) is 24.7 Å². The molecule has 0 aliphatic rings. The number of esters is 1. The highest BCUT2D eigenvalue weighted by atomic mass is 16.5. The van der Waals surface area contributed by atoms with Crippen LogP contribution in [0.1, 0.15) is 30.9 Å². The van der Waals surface area contributed by atoms with Gasteiger partial charge in [-0.1, -0.05) is 30.3 Å². The molecule has 1 heterocycles. The standard InChI is InChI=1S/C23H25NO4/c1-16-20(24-21(28-16)17-9-6-5-7-10-17)13-14-27-19-12-8-11-18(15-19)23(2,3)22(25)26-4/h5-12,15H,13-14H2,1-4H3. The first kappa shape index (κ1) is 19.7. The molecule has 28 heavy (non-hydrogen) atoms. The Balaban J connectivity index is 1.65. The molecule has 0 amide bonds. The van der Waals surface area contributed by atoms with Crippen molar-refractivity contribution in [2.75, 3.05) is 13.7 Å². The van der Waals surface area contributed by atoms with Crippen LogP contribution in [-0.4, -0.2) is 24.7 Å². The van der Waals surface area contributed by atoms with Crippen LogP contribution >= 0.6 is 0 Å². The van der Waals surface area contributed by atoms with E-state index in [1.54, 1.807) is 0 Å². The molecule has 0 aliphatic heterocycles. The molecule has 5 heteroatoms. The van der Waals surface area contributed by atoms with Gasteiger partial charge in [0.2, 0.25) is 5.89 Å². The Bertz CT molecular complexity index is 944. The van der Waals surface area contributed by atoms with Crippen molar-refractivity contribution in [1.29, 1.82) is 0 Å². The zero-order chi connectivity index (χ0) is 20.1. The topological polar surface area (TPSA) is 61.6 Å². The van der Waals surface area contributed by atoms with E-state index in [-0.39, 0.29) is 5.97 Å². The Labute approximate surface area is 165 Å². The average Bonchev–Trinajstić information content (AvgIpc) is 3.09. The van der Waals surface area contributed by atoms with Crippen molar-refractivity contribution < 1.29 is 18.7 Å². The van der Waals surface area contributed by atoms with Crippen LogP contribution in [0.4, 0.5) is 0 Å². The number of hydrogen-bond acceptors (Lipinski definition) is 5. The second-order valence-corrected chi connectivity index (χ2v) is 7.13. The zero-order valence-corrected chi connectivity index (χ0v) is 16.7. The number of oxazole rings is 1. The molecule has 0 aliphatic carbocycles. The molecule has 1 aromatic heterocycles. The van der Waals surface area contributed by atoms with Crippen molar-refractivity contribution in [2.24, 2.45) is 0 Å². The Hall–Kier alpha value is -3.08. The highest BCUT2D eigenvalue weighted by Crippen LogP contribution is 2.28. The van der Waals surface area contributed by atoms with E-state index in [9.17, 15) is 4.79 Å². The van der Waals surface area contributed by atoms with E-state index in [0.717, 1.165) is 22.6 Å². The largest absolute Gasteiger partial charge is 0.493 e. The fraction of sp³-hybridized carbons (Fsp3) is 0.304. The molecular formula is C23H25NO4. The maximum absolute atomic E-state index is 12.0. The first-order valence-corrected chi connectivity index (χ1v) is 9.25. The molecule has 146 valence electrons. The van der Waals surface area contributed by atoms with Crippen LogP contribution in [0.5, 0.6) is 5.75 Å². The Morgan fingerprint density at radius 3 is 2.57 bits per heavy atom. The van der Waals surface area contributed by atoms with E-state index < -0.39 is 5.41 Å². The van der Waals surface area contributed by atoms with Gasteiger partial charge < -0.3 is 13.9 Å². The summed E-state index contributed by atoms with van der Waals surface area (Å²) in [6.45, 7) is 6.04. The van der Waals surface area contributed by atoms with Crippen LogP contribution in [0.15, 0.2) is 59.0 Å². The van der Waals surface area contributed by atoms with Gasteiger partial charge in [-0.05, 0) is 50.6 Å². The fourth-order valence-electron chi connectivity index (χ4n) is 2.98. The summed E-state index contributed by atoms with van der Waals surface area (Å²) in [4.78, 5) is 16.6. The second kappa shape index (κ2) is 8.30. The van der Waals surface area contributed by atoms with Gasteiger partial charge in [0.25, 0.3) is 0 Å². The Kier molecular flexibility index (Phi) is 5.83. The molecule has 0 saturated heterocycles. The SMILES string of the molecule is COC(=O)C(C)(C)c1cccc(OCCc2nc(-c3ccccc3)oc2C)c1. The zero-order valence-electron chi connectivity index (χ0n) is 16.7. The monoisotopic (exact) mass is 379 g/mol. The number of methoxy groups -OCH3 is 1. The fourth-order valence-corrected chi connectivity index (χ4v) is 2.98. The number of nitrogens with zero attached hydrogens (tertiary/aromatic N) is 1. The van der Waals surface area contributed by atoms with Gasteiger partial charge in [-0.25, -0.2) is 4.98 Å². The van der Waals surface area contributed by atoms with Gasteiger partial charge in [-0.2, -0.15) is 0 Å². The molecule has 0 saturated carbocycles. The molecule has 3 rings (SSSR count). The van der Waals surface area contributed by atoms with Crippen LogP contribution in [0.25, 0.3) is 11.5 Å². The minimum atomic E-state index is -0.735.